The van der Waals surface area contributed by atoms with Gasteiger partial charge in [0.2, 0.25) is 10.0 Å². The lowest BCUT2D eigenvalue weighted by Gasteiger charge is -2.17. The molecule has 1 atom stereocenters. The van der Waals surface area contributed by atoms with Crippen LogP contribution in [0.25, 0.3) is 0 Å². The number of nitrogens with one attached hydrogen (secondary N) is 1. The summed E-state index contributed by atoms with van der Waals surface area (Å²) in [6.07, 6.45) is 3.44. The standard InChI is InChI=1S/C10H19N3O2S/c1-5-12-16(14,15)9(4)10-11-6-7-13(10)8(2)3/h6-9,12H,5H2,1-4H3/t9-/m0/s1. The molecule has 1 aromatic rings. The molecule has 0 aliphatic heterocycles. The Bertz CT molecular complexity index is 437. The lowest BCUT2D eigenvalue weighted by Crippen LogP contribution is -2.29. The Morgan fingerprint density at radius 3 is 2.56 bits per heavy atom. The highest BCUT2D eigenvalue weighted by Crippen LogP contribution is 2.21. The minimum atomic E-state index is -3.32. The maximum absolute atomic E-state index is 11.8. The first kappa shape index (κ1) is 13.2. The average Bonchev–Trinajstić information content (AvgIpc) is 2.64. The van der Waals surface area contributed by atoms with E-state index in [0.717, 1.165) is 0 Å². The molecule has 0 fully saturated rings. The van der Waals surface area contributed by atoms with Gasteiger partial charge in [0.05, 0.1) is 0 Å². The van der Waals surface area contributed by atoms with E-state index in [0.29, 0.717) is 12.4 Å². The second-order valence-corrected chi connectivity index (χ2v) is 6.06. The highest BCUT2D eigenvalue weighted by molar-refractivity contribution is 7.89. The summed E-state index contributed by atoms with van der Waals surface area (Å²) in [6.45, 7) is 7.81. The zero-order chi connectivity index (χ0) is 12.3. The Balaban J connectivity index is 3.05. The van der Waals surface area contributed by atoms with Crippen LogP contribution in [0.2, 0.25) is 0 Å². The first-order chi connectivity index (χ1) is 7.40. The lowest BCUT2D eigenvalue weighted by molar-refractivity contribution is 0.542. The van der Waals surface area contributed by atoms with E-state index >= 15 is 0 Å². The first-order valence-electron chi connectivity index (χ1n) is 5.41. The molecule has 0 unspecified atom stereocenters. The van der Waals surface area contributed by atoms with Crippen LogP contribution in [0.1, 0.15) is 44.8 Å². The van der Waals surface area contributed by atoms with Crippen molar-refractivity contribution in [1.29, 1.82) is 0 Å². The van der Waals surface area contributed by atoms with Gasteiger partial charge in [0.15, 0.2) is 0 Å². The van der Waals surface area contributed by atoms with Crippen LogP contribution < -0.4 is 4.72 Å². The van der Waals surface area contributed by atoms with Gasteiger partial charge in [-0.1, -0.05) is 6.92 Å². The third-order valence-corrected chi connectivity index (χ3v) is 4.26. The number of hydrogen-bond acceptors (Lipinski definition) is 3. The van der Waals surface area contributed by atoms with E-state index in [1.54, 1.807) is 26.2 Å². The van der Waals surface area contributed by atoms with Crippen molar-refractivity contribution in [2.45, 2.75) is 39.0 Å². The van der Waals surface area contributed by atoms with Gasteiger partial charge in [-0.05, 0) is 20.8 Å². The molecule has 0 saturated heterocycles. The molecular formula is C10H19N3O2S. The number of sulfonamides is 1. The zero-order valence-electron chi connectivity index (χ0n) is 10.1. The molecule has 0 bridgehead atoms. The topological polar surface area (TPSA) is 64.0 Å². The molecular weight excluding hydrogens is 226 g/mol. The molecule has 16 heavy (non-hydrogen) atoms. The zero-order valence-corrected chi connectivity index (χ0v) is 11.0. The van der Waals surface area contributed by atoms with Gasteiger partial charge in [-0.25, -0.2) is 18.1 Å². The largest absolute Gasteiger partial charge is 0.331 e. The van der Waals surface area contributed by atoms with E-state index in [2.05, 4.69) is 9.71 Å². The maximum Gasteiger partial charge on any atom is 0.221 e. The molecule has 0 aliphatic carbocycles. The van der Waals surface area contributed by atoms with E-state index in [1.165, 1.54) is 0 Å². The van der Waals surface area contributed by atoms with Gasteiger partial charge >= 0.3 is 0 Å². The second kappa shape index (κ2) is 4.97. The van der Waals surface area contributed by atoms with Crippen LogP contribution >= 0.6 is 0 Å². The SMILES string of the molecule is CCNS(=O)(=O)[C@@H](C)c1nccn1C(C)C. The molecule has 1 N–H and O–H groups in total. The highest BCUT2D eigenvalue weighted by atomic mass is 32.2. The molecule has 0 amide bonds. The van der Waals surface area contributed by atoms with Crippen molar-refractivity contribution in [3.05, 3.63) is 18.2 Å². The van der Waals surface area contributed by atoms with Gasteiger partial charge in [-0.15, -0.1) is 0 Å². The van der Waals surface area contributed by atoms with Crippen LogP contribution in [0.15, 0.2) is 12.4 Å². The van der Waals surface area contributed by atoms with Crippen molar-refractivity contribution >= 4 is 10.0 Å². The molecule has 6 heteroatoms. The van der Waals surface area contributed by atoms with Crippen molar-refractivity contribution in [2.24, 2.45) is 0 Å². The Labute approximate surface area is 96.9 Å². The van der Waals surface area contributed by atoms with Gasteiger partial charge in [0.25, 0.3) is 0 Å². The van der Waals surface area contributed by atoms with Crippen LogP contribution in [0.3, 0.4) is 0 Å². The summed E-state index contributed by atoms with van der Waals surface area (Å²) in [6, 6.07) is 0.205. The Hall–Kier alpha value is -0.880. The fraction of sp³-hybridized carbons (Fsp3) is 0.700. The molecule has 92 valence electrons. The minimum Gasteiger partial charge on any atom is -0.331 e. The fourth-order valence-corrected chi connectivity index (χ4v) is 2.65. The summed E-state index contributed by atoms with van der Waals surface area (Å²) >= 11 is 0. The second-order valence-electron chi connectivity index (χ2n) is 3.97. The normalized spacial score (nSPS) is 14.3. The molecule has 0 aromatic carbocycles. The Kier molecular flexibility index (Phi) is 4.09. The summed E-state index contributed by atoms with van der Waals surface area (Å²) in [4.78, 5) is 4.13. The number of imidazole rings is 1. The Morgan fingerprint density at radius 2 is 2.06 bits per heavy atom. The fourth-order valence-electron chi connectivity index (χ4n) is 1.54. The number of rotatable bonds is 5. The average molecular weight is 245 g/mol. The monoisotopic (exact) mass is 245 g/mol. The van der Waals surface area contributed by atoms with Crippen molar-refractivity contribution in [2.75, 3.05) is 6.54 Å². The first-order valence-corrected chi connectivity index (χ1v) is 6.96. The summed E-state index contributed by atoms with van der Waals surface area (Å²) < 4.78 is 28.0. The highest BCUT2D eigenvalue weighted by Gasteiger charge is 2.26. The van der Waals surface area contributed by atoms with Gasteiger partial charge in [-0.3, -0.25) is 0 Å². The Morgan fingerprint density at radius 1 is 1.44 bits per heavy atom. The minimum absolute atomic E-state index is 0.205. The van der Waals surface area contributed by atoms with Gasteiger partial charge in [0, 0.05) is 25.0 Å². The smallest absolute Gasteiger partial charge is 0.221 e. The molecule has 5 nitrogen and oxygen atoms in total. The summed E-state index contributed by atoms with van der Waals surface area (Å²) in [5, 5.41) is -0.634. The molecule has 0 radical (unpaired) electrons. The van der Waals surface area contributed by atoms with Gasteiger partial charge < -0.3 is 4.57 Å². The van der Waals surface area contributed by atoms with E-state index in [-0.39, 0.29) is 6.04 Å². The van der Waals surface area contributed by atoms with Crippen molar-refractivity contribution in [3.8, 4) is 0 Å². The quantitative estimate of drug-likeness (QED) is 0.854. The van der Waals surface area contributed by atoms with Gasteiger partial charge in [0.1, 0.15) is 11.1 Å². The van der Waals surface area contributed by atoms with Crippen molar-refractivity contribution in [1.82, 2.24) is 14.3 Å². The summed E-state index contributed by atoms with van der Waals surface area (Å²) in [5.41, 5.74) is 0. The number of nitrogens with zero attached hydrogens (tertiary/aromatic N) is 2. The molecule has 1 rings (SSSR count). The van der Waals surface area contributed by atoms with Gasteiger partial charge in [-0.2, -0.15) is 0 Å². The van der Waals surface area contributed by atoms with Crippen LogP contribution in [-0.2, 0) is 10.0 Å². The van der Waals surface area contributed by atoms with Crippen LogP contribution in [0, 0.1) is 0 Å². The summed E-state index contributed by atoms with van der Waals surface area (Å²) in [7, 11) is -3.32. The number of aromatic nitrogens is 2. The predicted octanol–water partition coefficient (Wildman–Crippen LogP) is 1.46. The van der Waals surface area contributed by atoms with Crippen LogP contribution in [0.4, 0.5) is 0 Å². The summed E-state index contributed by atoms with van der Waals surface area (Å²) in [5.74, 6) is 0.580. The van der Waals surface area contributed by atoms with Crippen molar-refractivity contribution in [3.63, 3.8) is 0 Å². The molecule has 1 heterocycles. The van der Waals surface area contributed by atoms with E-state index in [1.807, 2.05) is 18.4 Å². The van der Waals surface area contributed by atoms with E-state index in [4.69, 9.17) is 0 Å². The van der Waals surface area contributed by atoms with Crippen LogP contribution in [-0.4, -0.2) is 24.5 Å². The van der Waals surface area contributed by atoms with Crippen molar-refractivity contribution < 1.29 is 8.42 Å². The van der Waals surface area contributed by atoms with Crippen LogP contribution in [0.5, 0.6) is 0 Å². The maximum atomic E-state index is 11.8. The predicted molar refractivity (Wildman–Crippen MR) is 63.6 cm³/mol. The molecule has 1 aromatic heterocycles. The lowest BCUT2D eigenvalue weighted by atomic mass is 10.3. The van der Waals surface area contributed by atoms with E-state index < -0.39 is 15.3 Å². The third-order valence-electron chi connectivity index (χ3n) is 2.43. The number of hydrogen-bond donors (Lipinski definition) is 1. The molecule has 0 spiro atoms. The third kappa shape index (κ3) is 2.62. The van der Waals surface area contributed by atoms with E-state index in [9.17, 15) is 8.42 Å². The molecule has 0 saturated carbocycles. The molecule has 0 aliphatic rings.